The van der Waals surface area contributed by atoms with Gasteiger partial charge in [-0.25, -0.2) is 0 Å². The Kier molecular flexibility index (Phi) is 4.13. The van der Waals surface area contributed by atoms with Gasteiger partial charge in [-0.3, -0.25) is 9.59 Å². The zero-order valence-corrected chi connectivity index (χ0v) is 12.5. The van der Waals surface area contributed by atoms with E-state index in [9.17, 15) is 9.59 Å². The van der Waals surface area contributed by atoms with Gasteiger partial charge in [0.05, 0.1) is 0 Å². The van der Waals surface area contributed by atoms with Gasteiger partial charge in [-0.05, 0) is 37.5 Å². The van der Waals surface area contributed by atoms with Crippen LogP contribution in [0.5, 0.6) is 0 Å². The SMILES string of the molecule is NC1(C(=O)Nc2cccc(N3CCCC3=O)c2)CCOCC1. The number of carbonyl (C=O) groups excluding carboxylic acids is 2. The number of nitrogens with one attached hydrogen (secondary N) is 1. The maximum atomic E-state index is 12.4. The summed E-state index contributed by atoms with van der Waals surface area (Å²) in [6, 6.07) is 7.35. The topological polar surface area (TPSA) is 84.7 Å². The molecule has 0 atom stereocenters. The van der Waals surface area contributed by atoms with Crippen LogP contribution in [0, 0.1) is 0 Å². The normalized spacial score (nSPS) is 21.0. The average molecular weight is 303 g/mol. The second kappa shape index (κ2) is 6.06. The summed E-state index contributed by atoms with van der Waals surface area (Å²) in [5.74, 6) is -0.0658. The molecular weight excluding hydrogens is 282 g/mol. The number of carbonyl (C=O) groups is 2. The molecule has 1 aromatic carbocycles. The molecule has 2 fully saturated rings. The van der Waals surface area contributed by atoms with Crippen LogP contribution in [0.1, 0.15) is 25.7 Å². The lowest BCUT2D eigenvalue weighted by Crippen LogP contribution is -2.54. The zero-order valence-electron chi connectivity index (χ0n) is 12.5. The van der Waals surface area contributed by atoms with Gasteiger partial charge in [-0.1, -0.05) is 6.07 Å². The Hall–Kier alpha value is -1.92. The Bertz CT molecular complexity index is 582. The fraction of sp³-hybridized carbons (Fsp3) is 0.500. The smallest absolute Gasteiger partial charge is 0.244 e. The summed E-state index contributed by atoms with van der Waals surface area (Å²) < 4.78 is 5.26. The van der Waals surface area contributed by atoms with Crippen molar-refractivity contribution in [3.8, 4) is 0 Å². The second-order valence-corrected chi connectivity index (χ2v) is 5.92. The first kappa shape index (κ1) is 15.0. The Morgan fingerprint density at radius 1 is 1.32 bits per heavy atom. The maximum absolute atomic E-state index is 12.4. The van der Waals surface area contributed by atoms with Crippen LogP contribution in [0.15, 0.2) is 24.3 Å². The van der Waals surface area contributed by atoms with Gasteiger partial charge in [-0.2, -0.15) is 0 Å². The first-order chi connectivity index (χ1) is 10.6. The molecule has 2 aliphatic rings. The predicted octanol–water partition coefficient (Wildman–Crippen LogP) is 1.26. The van der Waals surface area contributed by atoms with Crippen LogP contribution < -0.4 is 16.0 Å². The van der Waals surface area contributed by atoms with Crippen molar-refractivity contribution in [1.29, 1.82) is 0 Å². The minimum atomic E-state index is -0.877. The Balaban J connectivity index is 1.72. The van der Waals surface area contributed by atoms with Crippen LogP contribution in [0.2, 0.25) is 0 Å². The molecule has 118 valence electrons. The van der Waals surface area contributed by atoms with Gasteiger partial charge in [0.25, 0.3) is 0 Å². The monoisotopic (exact) mass is 303 g/mol. The van der Waals surface area contributed by atoms with Gasteiger partial charge in [0.1, 0.15) is 5.54 Å². The lowest BCUT2D eigenvalue weighted by Gasteiger charge is -2.31. The molecular formula is C16H21N3O3. The Labute approximate surface area is 129 Å². The molecule has 2 aliphatic heterocycles. The highest BCUT2D eigenvalue weighted by Gasteiger charge is 2.36. The molecule has 2 saturated heterocycles. The van der Waals surface area contributed by atoms with Gasteiger partial charge in [0, 0.05) is 37.6 Å². The van der Waals surface area contributed by atoms with E-state index in [0.717, 1.165) is 18.7 Å². The Morgan fingerprint density at radius 3 is 2.77 bits per heavy atom. The van der Waals surface area contributed by atoms with Crippen molar-refractivity contribution < 1.29 is 14.3 Å². The van der Waals surface area contributed by atoms with Crippen LogP contribution in [-0.2, 0) is 14.3 Å². The Morgan fingerprint density at radius 2 is 2.09 bits per heavy atom. The van der Waals surface area contributed by atoms with E-state index in [1.165, 1.54) is 0 Å². The van der Waals surface area contributed by atoms with Gasteiger partial charge < -0.3 is 20.7 Å². The number of hydrogen-bond acceptors (Lipinski definition) is 4. The molecule has 6 nitrogen and oxygen atoms in total. The fourth-order valence-corrected chi connectivity index (χ4v) is 2.89. The van der Waals surface area contributed by atoms with E-state index in [1.807, 2.05) is 24.3 Å². The van der Waals surface area contributed by atoms with E-state index >= 15 is 0 Å². The number of anilines is 2. The van der Waals surface area contributed by atoms with Crippen molar-refractivity contribution >= 4 is 23.2 Å². The summed E-state index contributed by atoms with van der Waals surface area (Å²) in [6.45, 7) is 1.74. The molecule has 6 heteroatoms. The third-order valence-electron chi connectivity index (χ3n) is 4.33. The third-order valence-corrected chi connectivity index (χ3v) is 4.33. The summed E-state index contributed by atoms with van der Waals surface area (Å²) >= 11 is 0. The standard InChI is InChI=1S/C16H21N3O3/c17-16(6-9-22-10-7-16)15(21)18-12-3-1-4-13(11-12)19-8-2-5-14(19)20/h1,3-4,11H,2,5-10,17H2,(H,18,21). The van der Waals surface area contributed by atoms with Crippen LogP contribution >= 0.6 is 0 Å². The van der Waals surface area contributed by atoms with Crippen molar-refractivity contribution in [2.45, 2.75) is 31.2 Å². The summed E-state index contributed by atoms with van der Waals surface area (Å²) in [5.41, 5.74) is 6.78. The molecule has 3 rings (SSSR count). The number of ether oxygens (including phenoxy) is 1. The van der Waals surface area contributed by atoms with Crippen molar-refractivity contribution in [2.24, 2.45) is 5.73 Å². The molecule has 0 aromatic heterocycles. The van der Waals surface area contributed by atoms with Crippen LogP contribution in [0.3, 0.4) is 0 Å². The summed E-state index contributed by atoms with van der Waals surface area (Å²) in [5, 5.41) is 2.87. The number of rotatable bonds is 3. The van der Waals surface area contributed by atoms with Crippen LogP contribution in [0.4, 0.5) is 11.4 Å². The number of nitrogens with two attached hydrogens (primary N) is 1. The van der Waals surface area contributed by atoms with E-state index in [2.05, 4.69) is 5.32 Å². The van der Waals surface area contributed by atoms with E-state index in [0.29, 0.717) is 38.2 Å². The van der Waals surface area contributed by atoms with Crippen molar-refractivity contribution in [2.75, 3.05) is 30.0 Å². The van der Waals surface area contributed by atoms with E-state index < -0.39 is 5.54 Å². The highest BCUT2D eigenvalue weighted by Crippen LogP contribution is 2.25. The number of amides is 2. The number of benzene rings is 1. The minimum Gasteiger partial charge on any atom is -0.381 e. The molecule has 0 saturated carbocycles. The molecule has 0 unspecified atom stereocenters. The van der Waals surface area contributed by atoms with Crippen molar-refractivity contribution in [3.05, 3.63) is 24.3 Å². The molecule has 0 aliphatic carbocycles. The van der Waals surface area contributed by atoms with Gasteiger partial charge in [-0.15, -0.1) is 0 Å². The highest BCUT2D eigenvalue weighted by atomic mass is 16.5. The predicted molar refractivity (Wildman–Crippen MR) is 83.6 cm³/mol. The van der Waals surface area contributed by atoms with Gasteiger partial charge in [0.15, 0.2) is 0 Å². The average Bonchev–Trinajstić information content (AvgIpc) is 2.94. The van der Waals surface area contributed by atoms with Gasteiger partial charge >= 0.3 is 0 Å². The summed E-state index contributed by atoms with van der Waals surface area (Å²) in [4.78, 5) is 26.0. The van der Waals surface area contributed by atoms with Crippen LogP contribution in [0.25, 0.3) is 0 Å². The minimum absolute atomic E-state index is 0.128. The zero-order chi connectivity index (χ0) is 15.6. The number of hydrogen-bond donors (Lipinski definition) is 2. The number of nitrogens with zero attached hydrogens (tertiary/aromatic N) is 1. The highest BCUT2D eigenvalue weighted by molar-refractivity contribution is 5.99. The quantitative estimate of drug-likeness (QED) is 0.880. The van der Waals surface area contributed by atoms with E-state index in [1.54, 1.807) is 4.90 Å². The first-order valence-electron chi connectivity index (χ1n) is 7.67. The second-order valence-electron chi connectivity index (χ2n) is 5.92. The molecule has 2 amide bonds. The molecule has 0 bridgehead atoms. The third kappa shape index (κ3) is 2.98. The molecule has 3 N–H and O–H groups in total. The largest absolute Gasteiger partial charge is 0.381 e. The lowest BCUT2D eigenvalue weighted by molar-refractivity contribution is -0.124. The first-order valence-corrected chi connectivity index (χ1v) is 7.67. The van der Waals surface area contributed by atoms with Crippen LogP contribution in [-0.4, -0.2) is 37.1 Å². The van der Waals surface area contributed by atoms with Crippen molar-refractivity contribution in [3.63, 3.8) is 0 Å². The summed E-state index contributed by atoms with van der Waals surface area (Å²) in [7, 11) is 0. The molecule has 0 radical (unpaired) electrons. The van der Waals surface area contributed by atoms with Crippen molar-refractivity contribution in [1.82, 2.24) is 0 Å². The lowest BCUT2D eigenvalue weighted by atomic mass is 9.90. The maximum Gasteiger partial charge on any atom is 0.244 e. The summed E-state index contributed by atoms with van der Waals surface area (Å²) in [6.07, 6.45) is 2.50. The fourth-order valence-electron chi connectivity index (χ4n) is 2.89. The molecule has 1 aromatic rings. The molecule has 2 heterocycles. The van der Waals surface area contributed by atoms with E-state index in [4.69, 9.17) is 10.5 Å². The molecule has 0 spiro atoms. The van der Waals surface area contributed by atoms with Gasteiger partial charge in [0.2, 0.25) is 11.8 Å². The van der Waals surface area contributed by atoms with E-state index in [-0.39, 0.29) is 11.8 Å². The molecule has 22 heavy (non-hydrogen) atoms.